The van der Waals surface area contributed by atoms with E-state index in [0.717, 1.165) is 19.0 Å². The summed E-state index contributed by atoms with van der Waals surface area (Å²) in [6.07, 6.45) is 4.20. The molecule has 1 aromatic heterocycles. The summed E-state index contributed by atoms with van der Waals surface area (Å²) >= 11 is 1.82. The molecule has 1 fully saturated rings. The van der Waals surface area contributed by atoms with Crippen molar-refractivity contribution in [3.05, 3.63) is 15.6 Å². The van der Waals surface area contributed by atoms with Gasteiger partial charge in [0.15, 0.2) is 0 Å². The van der Waals surface area contributed by atoms with Crippen molar-refractivity contribution in [2.75, 3.05) is 26.2 Å². The van der Waals surface area contributed by atoms with Crippen molar-refractivity contribution in [2.24, 2.45) is 5.92 Å². The Kier molecular flexibility index (Phi) is 5.79. The number of hydrogen-bond acceptors (Lipinski definition) is 4. The zero-order valence-electron chi connectivity index (χ0n) is 12.5. The van der Waals surface area contributed by atoms with E-state index in [1.54, 1.807) is 0 Å². The minimum Gasteiger partial charge on any atom is -0.311 e. The van der Waals surface area contributed by atoms with Crippen LogP contribution in [0.3, 0.4) is 0 Å². The lowest BCUT2D eigenvalue weighted by Crippen LogP contribution is -2.36. The predicted molar refractivity (Wildman–Crippen MR) is 82.7 cm³/mol. The molecule has 2 rings (SSSR count). The summed E-state index contributed by atoms with van der Waals surface area (Å²) in [5.74, 6) is 0.729. The van der Waals surface area contributed by atoms with Gasteiger partial charge in [-0.2, -0.15) is 0 Å². The van der Waals surface area contributed by atoms with Crippen LogP contribution in [0.2, 0.25) is 0 Å². The van der Waals surface area contributed by atoms with Gasteiger partial charge in [-0.3, -0.25) is 0 Å². The summed E-state index contributed by atoms with van der Waals surface area (Å²) in [6.45, 7) is 12.5. The van der Waals surface area contributed by atoms with E-state index in [4.69, 9.17) is 0 Å². The van der Waals surface area contributed by atoms with Gasteiger partial charge in [0.1, 0.15) is 0 Å². The molecule has 0 radical (unpaired) electrons. The minimum absolute atomic E-state index is 0.729. The van der Waals surface area contributed by atoms with Crippen LogP contribution in [0.4, 0.5) is 0 Å². The smallest absolute Gasteiger partial charge is 0.0900 e. The van der Waals surface area contributed by atoms with Gasteiger partial charge in [-0.15, -0.1) is 11.3 Å². The summed E-state index contributed by atoms with van der Waals surface area (Å²) < 4.78 is 0. The van der Waals surface area contributed by atoms with E-state index in [2.05, 4.69) is 36.0 Å². The van der Waals surface area contributed by atoms with Crippen LogP contribution >= 0.6 is 11.3 Å². The molecule has 1 aliphatic rings. The van der Waals surface area contributed by atoms with Crippen LogP contribution < -0.4 is 5.32 Å². The monoisotopic (exact) mass is 281 g/mol. The van der Waals surface area contributed by atoms with Crippen molar-refractivity contribution >= 4 is 11.3 Å². The SMILES string of the molecule is Cc1nc(C)c(CNCC(C)CN2CCCCC2)s1. The van der Waals surface area contributed by atoms with E-state index >= 15 is 0 Å². The van der Waals surface area contributed by atoms with Crippen LogP contribution in [0.15, 0.2) is 0 Å². The molecule has 4 heteroatoms. The average Bonchev–Trinajstić information content (AvgIpc) is 2.69. The molecule has 0 aliphatic carbocycles. The Morgan fingerprint density at radius 3 is 2.63 bits per heavy atom. The van der Waals surface area contributed by atoms with Gasteiger partial charge >= 0.3 is 0 Å². The fraction of sp³-hybridized carbons (Fsp3) is 0.800. The second-order valence-corrected chi connectivity index (χ2v) is 7.13. The highest BCUT2D eigenvalue weighted by Crippen LogP contribution is 2.16. The van der Waals surface area contributed by atoms with Crippen LogP contribution in [0.25, 0.3) is 0 Å². The Hall–Kier alpha value is -0.450. The van der Waals surface area contributed by atoms with E-state index in [1.165, 1.54) is 54.5 Å². The van der Waals surface area contributed by atoms with Crippen molar-refractivity contribution < 1.29 is 0 Å². The fourth-order valence-corrected chi connectivity index (χ4v) is 3.72. The zero-order valence-corrected chi connectivity index (χ0v) is 13.4. The van der Waals surface area contributed by atoms with Gasteiger partial charge in [0.25, 0.3) is 0 Å². The molecule has 19 heavy (non-hydrogen) atoms. The number of nitrogens with zero attached hydrogens (tertiary/aromatic N) is 2. The van der Waals surface area contributed by atoms with E-state index in [-0.39, 0.29) is 0 Å². The van der Waals surface area contributed by atoms with E-state index in [1.807, 2.05) is 11.3 Å². The number of aromatic nitrogens is 1. The van der Waals surface area contributed by atoms with Crippen molar-refractivity contribution in [1.29, 1.82) is 0 Å². The highest BCUT2D eigenvalue weighted by molar-refractivity contribution is 7.11. The molecule has 0 amide bonds. The average molecular weight is 281 g/mol. The fourth-order valence-electron chi connectivity index (χ4n) is 2.82. The maximum atomic E-state index is 4.47. The second kappa shape index (κ2) is 7.36. The molecule has 0 bridgehead atoms. The number of rotatable bonds is 6. The summed E-state index contributed by atoms with van der Waals surface area (Å²) in [6, 6.07) is 0. The molecule has 0 saturated carbocycles. The van der Waals surface area contributed by atoms with Gasteiger partial charge < -0.3 is 10.2 Å². The molecule has 1 N–H and O–H groups in total. The van der Waals surface area contributed by atoms with Gasteiger partial charge in [-0.1, -0.05) is 13.3 Å². The third-order valence-corrected chi connectivity index (χ3v) is 4.87. The van der Waals surface area contributed by atoms with Gasteiger partial charge in [0.2, 0.25) is 0 Å². The number of aryl methyl sites for hydroxylation is 2. The number of thiazole rings is 1. The van der Waals surface area contributed by atoms with E-state index < -0.39 is 0 Å². The van der Waals surface area contributed by atoms with Crippen LogP contribution in [0, 0.1) is 19.8 Å². The summed E-state index contributed by atoms with van der Waals surface area (Å²) in [4.78, 5) is 8.49. The van der Waals surface area contributed by atoms with Gasteiger partial charge in [0, 0.05) is 18.0 Å². The third-order valence-electron chi connectivity index (χ3n) is 3.80. The summed E-state index contributed by atoms with van der Waals surface area (Å²) in [5, 5.41) is 4.77. The molecular formula is C15H27N3S. The maximum Gasteiger partial charge on any atom is 0.0900 e. The lowest BCUT2D eigenvalue weighted by molar-refractivity contribution is 0.199. The molecular weight excluding hydrogens is 254 g/mol. The zero-order chi connectivity index (χ0) is 13.7. The second-order valence-electron chi connectivity index (χ2n) is 5.84. The Bertz CT molecular complexity index is 383. The Balaban J connectivity index is 1.65. The molecule has 1 aliphatic heterocycles. The molecule has 3 nitrogen and oxygen atoms in total. The van der Waals surface area contributed by atoms with Crippen molar-refractivity contribution in [1.82, 2.24) is 15.2 Å². The first-order valence-corrected chi connectivity index (χ1v) is 8.33. The first-order chi connectivity index (χ1) is 9.15. The molecule has 108 valence electrons. The van der Waals surface area contributed by atoms with E-state index in [0.29, 0.717) is 0 Å². The number of likely N-dealkylation sites (tertiary alicyclic amines) is 1. The lowest BCUT2D eigenvalue weighted by atomic mass is 10.1. The van der Waals surface area contributed by atoms with Crippen molar-refractivity contribution in [2.45, 2.75) is 46.6 Å². The number of piperidine rings is 1. The molecule has 1 unspecified atom stereocenters. The topological polar surface area (TPSA) is 28.2 Å². The number of nitrogens with one attached hydrogen (secondary N) is 1. The van der Waals surface area contributed by atoms with Crippen molar-refractivity contribution in [3.63, 3.8) is 0 Å². The summed E-state index contributed by atoms with van der Waals surface area (Å²) in [5.41, 5.74) is 1.19. The quantitative estimate of drug-likeness (QED) is 0.869. The Morgan fingerprint density at radius 2 is 2.00 bits per heavy atom. The Morgan fingerprint density at radius 1 is 1.26 bits per heavy atom. The predicted octanol–water partition coefficient (Wildman–Crippen LogP) is 2.97. The minimum atomic E-state index is 0.729. The van der Waals surface area contributed by atoms with Gasteiger partial charge in [-0.25, -0.2) is 4.98 Å². The van der Waals surface area contributed by atoms with Crippen LogP contribution in [-0.2, 0) is 6.54 Å². The molecule has 1 aromatic rings. The van der Waals surface area contributed by atoms with Gasteiger partial charge in [-0.05, 0) is 52.2 Å². The van der Waals surface area contributed by atoms with Crippen LogP contribution in [0.1, 0.15) is 41.8 Å². The third kappa shape index (κ3) is 4.86. The molecule has 1 saturated heterocycles. The normalized spacial score (nSPS) is 18.7. The molecule has 0 spiro atoms. The maximum absolute atomic E-state index is 4.47. The first-order valence-electron chi connectivity index (χ1n) is 7.51. The lowest BCUT2D eigenvalue weighted by Gasteiger charge is -2.29. The van der Waals surface area contributed by atoms with Gasteiger partial charge in [0.05, 0.1) is 10.7 Å². The molecule has 2 heterocycles. The standard InChI is InChI=1S/C15H27N3S/c1-12(11-18-7-5-4-6-8-18)9-16-10-15-13(2)17-14(3)19-15/h12,16H,4-11H2,1-3H3. The Labute approximate surface area is 121 Å². The summed E-state index contributed by atoms with van der Waals surface area (Å²) in [7, 11) is 0. The molecule has 1 atom stereocenters. The first kappa shape index (κ1) is 14.9. The van der Waals surface area contributed by atoms with Crippen LogP contribution in [0.5, 0.6) is 0 Å². The van der Waals surface area contributed by atoms with Crippen molar-refractivity contribution in [3.8, 4) is 0 Å². The van der Waals surface area contributed by atoms with E-state index in [9.17, 15) is 0 Å². The number of hydrogen-bond donors (Lipinski definition) is 1. The molecule has 0 aromatic carbocycles. The largest absolute Gasteiger partial charge is 0.311 e. The van der Waals surface area contributed by atoms with Crippen LogP contribution in [-0.4, -0.2) is 36.1 Å². The highest BCUT2D eigenvalue weighted by Gasteiger charge is 2.13. The highest BCUT2D eigenvalue weighted by atomic mass is 32.1.